The highest BCUT2D eigenvalue weighted by Gasteiger charge is 2.14. The number of hydrogen-bond acceptors (Lipinski definition) is 5. The minimum Gasteiger partial charge on any atom is -0.439 e. The molecular formula is C20H21N3O3. The van der Waals surface area contributed by atoms with Gasteiger partial charge in [0, 0.05) is 11.3 Å². The van der Waals surface area contributed by atoms with Gasteiger partial charge < -0.3 is 14.5 Å². The molecule has 0 unspecified atom stereocenters. The first kappa shape index (κ1) is 17.7. The van der Waals surface area contributed by atoms with Gasteiger partial charge in [0.15, 0.2) is 6.61 Å². The van der Waals surface area contributed by atoms with Crippen molar-refractivity contribution in [2.75, 3.05) is 11.9 Å². The van der Waals surface area contributed by atoms with E-state index in [1.165, 1.54) is 0 Å². The lowest BCUT2D eigenvalue weighted by Gasteiger charge is -2.16. The molecule has 0 saturated carbocycles. The lowest BCUT2D eigenvalue weighted by Crippen LogP contribution is -2.21. The summed E-state index contributed by atoms with van der Waals surface area (Å²) in [7, 11) is 0. The molecule has 0 bridgehead atoms. The van der Waals surface area contributed by atoms with E-state index in [1.807, 2.05) is 55.5 Å². The molecular weight excluding hydrogens is 330 g/mol. The SMILES string of the molecule is Cc1cccc(C(C)C)c1NC(=O)COc1nnc(-c2ccccc2)o1. The van der Waals surface area contributed by atoms with Crippen LogP contribution in [0.15, 0.2) is 52.9 Å². The van der Waals surface area contributed by atoms with Crippen LogP contribution in [0.1, 0.15) is 30.9 Å². The maximum Gasteiger partial charge on any atom is 0.415 e. The molecule has 26 heavy (non-hydrogen) atoms. The van der Waals surface area contributed by atoms with E-state index in [1.54, 1.807) is 0 Å². The number of benzene rings is 2. The number of aryl methyl sites for hydroxylation is 1. The van der Waals surface area contributed by atoms with Gasteiger partial charge in [-0.3, -0.25) is 4.79 Å². The molecule has 1 N–H and O–H groups in total. The Balaban J connectivity index is 1.63. The van der Waals surface area contributed by atoms with Gasteiger partial charge in [0.2, 0.25) is 0 Å². The van der Waals surface area contributed by atoms with Gasteiger partial charge in [-0.2, -0.15) is 0 Å². The summed E-state index contributed by atoms with van der Waals surface area (Å²) in [4.78, 5) is 12.3. The quantitative estimate of drug-likeness (QED) is 0.721. The molecule has 0 saturated heterocycles. The van der Waals surface area contributed by atoms with Crippen LogP contribution in [0.2, 0.25) is 0 Å². The van der Waals surface area contributed by atoms with Crippen molar-refractivity contribution in [2.45, 2.75) is 26.7 Å². The van der Waals surface area contributed by atoms with E-state index in [0.717, 1.165) is 22.4 Å². The normalized spacial score (nSPS) is 10.8. The Morgan fingerprint density at radius 3 is 2.62 bits per heavy atom. The van der Waals surface area contributed by atoms with E-state index in [9.17, 15) is 4.79 Å². The number of nitrogens with zero attached hydrogens (tertiary/aromatic N) is 2. The molecule has 6 nitrogen and oxygen atoms in total. The minimum atomic E-state index is -0.277. The molecule has 3 rings (SSSR count). The lowest BCUT2D eigenvalue weighted by atomic mass is 9.98. The van der Waals surface area contributed by atoms with Crippen LogP contribution in [0.3, 0.4) is 0 Å². The highest BCUT2D eigenvalue weighted by atomic mass is 16.6. The van der Waals surface area contributed by atoms with Gasteiger partial charge in [0.25, 0.3) is 11.8 Å². The third kappa shape index (κ3) is 4.08. The number of carbonyl (C=O) groups is 1. The van der Waals surface area contributed by atoms with Crippen LogP contribution >= 0.6 is 0 Å². The molecule has 0 fully saturated rings. The van der Waals surface area contributed by atoms with Crippen LogP contribution < -0.4 is 10.1 Å². The Kier molecular flexibility index (Phi) is 5.31. The number of hydrogen-bond donors (Lipinski definition) is 1. The van der Waals surface area contributed by atoms with Gasteiger partial charge in [-0.25, -0.2) is 0 Å². The minimum absolute atomic E-state index is 0.0344. The Morgan fingerprint density at radius 2 is 1.88 bits per heavy atom. The number of amides is 1. The van der Waals surface area contributed by atoms with Crippen molar-refractivity contribution in [1.29, 1.82) is 0 Å². The maximum atomic E-state index is 12.3. The Bertz CT molecular complexity index is 888. The van der Waals surface area contributed by atoms with Crippen LogP contribution in [0, 0.1) is 6.92 Å². The largest absolute Gasteiger partial charge is 0.439 e. The van der Waals surface area contributed by atoms with Crippen molar-refractivity contribution in [2.24, 2.45) is 0 Å². The smallest absolute Gasteiger partial charge is 0.415 e. The van der Waals surface area contributed by atoms with Crippen LogP contribution in [0.25, 0.3) is 11.5 Å². The molecule has 0 aliphatic carbocycles. The molecule has 134 valence electrons. The zero-order chi connectivity index (χ0) is 18.5. The second kappa shape index (κ2) is 7.82. The predicted octanol–water partition coefficient (Wildman–Crippen LogP) is 4.19. The summed E-state index contributed by atoms with van der Waals surface area (Å²) in [6.07, 6.45) is -0.0344. The van der Waals surface area contributed by atoms with Crippen LogP contribution in [-0.2, 0) is 4.79 Å². The van der Waals surface area contributed by atoms with Crippen molar-refractivity contribution in [3.8, 4) is 17.5 Å². The zero-order valence-electron chi connectivity index (χ0n) is 15.0. The van der Waals surface area contributed by atoms with Crippen molar-refractivity contribution in [3.05, 3.63) is 59.7 Å². The van der Waals surface area contributed by atoms with Crippen LogP contribution in [0.4, 0.5) is 5.69 Å². The number of aromatic nitrogens is 2. The zero-order valence-corrected chi connectivity index (χ0v) is 15.0. The number of rotatable bonds is 6. The predicted molar refractivity (Wildman–Crippen MR) is 99.1 cm³/mol. The number of anilines is 1. The first-order chi connectivity index (χ1) is 12.5. The first-order valence-corrected chi connectivity index (χ1v) is 8.45. The van der Waals surface area contributed by atoms with Gasteiger partial charge in [0.05, 0.1) is 0 Å². The van der Waals surface area contributed by atoms with Crippen molar-refractivity contribution >= 4 is 11.6 Å². The molecule has 1 amide bonds. The Morgan fingerprint density at radius 1 is 1.12 bits per heavy atom. The second-order valence-corrected chi connectivity index (χ2v) is 6.27. The van der Waals surface area contributed by atoms with E-state index >= 15 is 0 Å². The molecule has 0 atom stereocenters. The molecule has 1 aromatic heterocycles. The number of carbonyl (C=O) groups excluding carboxylic acids is 1. The Labute approximate surface area is 152 Å². The fourth-order valence-corrected chi connectivity index (χ4v) is 2.61. The number of para-hydroxylation sites is 1. The third-order valence-corrected chi connectivity index (χ3v) is 3.95. The fourth-order valence-electron chi connectivity index (χ4n) is 2.61. The summed E-state index contributed by atoms with van der Waals surface area (Å²) in [5, 5.41) is 10.7. The molecule has 0 aliphatic heterocycles. The molecule has 1 heterocycles. The molecule has 3 aromatic rings. The van der Waals surface area contributed by atoms with E-state index in [2.05, 4.69) is 29.4 Å². The van der Waals surface area contributed by atoms with E-state index < -0.39 is 0 Å². The van der Waals surface area contributed by atoms with E-state index in [-0.39, 0.29) is 18.6 Å². The summed E-state index contributed by atoms with van der Waals surface area (Å²) >= 11 is 0. The monoisotopic (exact) mass is 351 g/mol. The summed E-state index contributed by atoms with van der Waals surface area (Å²) in [6.45, 7) is 5.93. The molecule has 2 aromatic carbocycles. The first-order valence-electron chi connectivity index (χ1n) is 8.45. The highest BCUT2D eigenvalue weighted by Crippen LogP contribution is 2.27. The van der Waals surface area contributed by atoms with Gasteiger partial charge in [0.1, 0.15) is 0 Å². The van der Waals surface area contributed by atoms with Gasteiger partial charge in [-0.15, -0.1) is 5.10 Å². The summed E-state index contributed by atoms with van der Waals surface area (Å²) in [6, 6.07) is 15.3. The topological polar surface area (TPSA) is 77.2 Å². The standard InChI is InChI=1S/C20H21N3O3/c1-13(2)16-11-7-8-14(3)18(16)21-17(24)12-25-20-23-22-19(26-20)15-9-5-4-6-10-15/h4-11,13H,12H2,1-3H3,(H,21,24). The van der Waals surface area contributed by atoms with Crippen molar-refractivity contribution in [1.82, 2.24) is 10.2 Å². The number of nitrogens with one attached hydrogen (secondary N) is 1. The van der Waals surface area contributed by atoms with Crippen molar-refractivity contribution in [3.63, 3.8) is 0 Å². The molecule has 0 aliphatic rings. The second-order valence-electron chi connectivity index (χ2n) is 6.27. The van der Waals surface area contributed by atoms with Gasteiger partial charge in [-0.05, 0) is 36.1 Å². The van der Waals surface area contributed by atoms with Crippen molar-refractivity contribution < 1.29 is 13.9 Å². The summed E-state index contributed by atoms with van der Waals surface area (Å²) in [5.41, 5.74) is 3.71. The van der Waals surface area contributed by atoms with Crippen LogP contribution in [-0.4, -0.2) is 22.7 Å². The van der Waals surface area contributed by atoms with E-state index in [0.29, 0.717) is 11.8 Å². The van der Waals surface area contributed by atoms with Gasteiger partial charge in [-0.1, -0.05) is 55.3 Å². The third-order valence-electron chi connectivity index (χ3n) is 3.95. The van der Waals surface area contributed by atoms with Gasteiger partial charge >= 0.3 is 6.08 Å². The summed E-state index contributed by atoms with van der Waals surface area (Å²) in [5.74, 6) is 0.373. The fraction of sp³-hybridized carbons (Fsp3) is 0.250. The van der Waals surface area contributed by atoms with E-state index in [4.69, 9.17) is 9.15 Å². The molecule has 6 heteroatoms. The highest BCUT2D eigenvalue weighted by molar-refractivity contribution is 5.93. The summed E-state index contributed by atoms with van der Waals surface area (Å²) < 4.78 is 10.8. The van der Waals surface area contributed by atoms with Crippen LogP contribution in [0.5, 0.6) is 6.08 Å². The number of ether oxygens (including phenoxy) is 1. The maximum absolute atomic E-state index is 12.3. The lowest BCUT2D eigenvalue weighted by molar-refractivity contribution is -0.118. The Hall–Kier alpha value is -3.15. The molecule has 0 radical (unpaired) electrons. The average molecular weight is 351 g/mol. The molecule has 0 spiro atoms. The average Bonchev–Trinajstić information content (AvgIpc) is 3.11.